The number of alkyl halides is 3. The Kier molecular flexibility index (Phi) is 7.09. The molecule has 1 aliphatic rings. The first-order chi connectivity index (χ1) is 15.6. The Morgan fingerprint density at radius 1 is 1.24 bits per heavy atom. The molecule has 33 heavy (non-hydrogen) atoms. The quantitative estimate of drug-likeness (QED) is 0.620. The van der Waals surface area contributed by atoms with Gasteiger partial charge in [0, 0.05) is 24.2 Å². The van der Waals surface area contributed by atoms with Gasteiger partial charge in [-0.3, -0.25) is 4.79 Å². The maximum absolute atomic E-state index is 13.2. The van der Waals surface area contributed by atoms with Crippen LogP contribution in [0, 0.1) is 0 Å². The van der Waals surface area contributed by atoms with E-state index in [1.165, 1.54) is 29.4 Å². The Labute approximate surface area is 186 Å². The zero-order valence-electron chi connectivity index (χ0n) is 17.6. The summed E-state index contributed by atoms with van der Waals surface area (Å²) in [6.07, 6.45) is -3.74. The highest BCUT2D eigenvalue weighted by atomic mass is 19.4. The zero-order valence-corrected chi connectivity index (χ0v) is 17.6. The van der Waals surface area contributed by atoms with Crippen LogP contribution in [0.4, 0.5) is 18.0 Å². The average Bonchev–Trinajstić information content (AvgIpc) is 3.25. The maximum Gasteiger partial charge on any atom is 0.573 e. The lowest BCUT2D eigenvalue weighted by Gasteiger charge is -2.36. The highest BCUT2D eigenvalue weighted by Gasteiger charge is 2.39. The first-order valence-corrected chi connectivity index (χ1v) is 9.73. The van der Waals surface area contributed by atoms with Crippen LogP contribution in [0.5, 0.6) is 5.75 Å². The number of para-hydroxylation sites is 1. The van der Waals surface area contributed by atoms with Crippen molar-refractivity contribution in [2.75, 3.05) is 20.8 Å². The zero-order chi connectivity index (χ0) is 24.2. The van der Waals surface area contributed by atoms with Crippen LogP contribution in [0.3, 0.4) is 0 Å². The third-order valence-corrected chi connectivity index (χ3v) is 5.01. The molecule has 13 heteroatoms. The number of nitrogens with one attached hydrogen (secondary N) is 2. The Morgan fingerprint density at radius 3 is 2.64 bits per heavy atom. The summed E-state index contributed by atoms with van der Waals surface area (Å²) in [5, 5.41) is 2.40. The molecule has 2 amide bonds. The van der Waals surface area contributed by atoms with Gasteiger partial charge in [-0.15, -0.1) is 13.2 Å². The van der Waals surface area contributed by atoms with Crippen molar-refractivity contribution in [3.8, 4) is 5.75 Å². The first kappa shape index (κ1) is 23.9. The van der Waals surface area contributed by atoms with Gasteiger partial charge in [-0.2, -0.15) is 0 Å². The number of hydrogen-bond acceptors (Lipinski definition) is 7. The highest BCUT2D eigenvalue weighted by Crippen LogP contribution is 2.39. The summed E-state index contributed by atoms with van der Waals surface area (Å²) in [6.45, 7) is 0.0815. The molecule has 0 spiro atoms. The highest BCUT2D eigenvalue weighted by molar-refractivity contribution is 5.87. The number of carbonyl (C=O) groups is 3. The molecule has 1 aliphatic heterocycles. The van der Waals surface area contributed by atoms with Gasteiger partial charge in [-0.1, -0.05) is 18.2 Å². The van der Waals surface area contributed by atoms with Gasteiger partial charge in [-0.05, 0) is 6.07 Å². The number of fused-ring (bicyclic) bond motifs is 1. The standard InChI is InChI=1S/C20H21F3N4O6/c1-31-15(28)9-13(18(29)32-2)26-19(30)27-8-7-12-16(25-10-24-12)17(27)11-5-3-4-6-14(11)33-20(21,22)23/h3-6,10,13,17H,7-9H2,1-2H3,(H,24,25)(H,26,30)/t13-,17?/m1/s1. The fraction of sp³-hybridized carbons (Fsp3) is 0.400. The summed E-state index contributed by atoms with van der Waals surface area (Å²) in [5.41, 5.74) is 1.02. The fourth-order valence-electron chi connectivity index (χ4n) is 3.55. The van der Waals surface area contributed by atoms with Crippen molar-refractivity contribution in [1.29, 1.82) is 0 Å². The lowest BCUT2D eigenvalue weighted by Crippen LogP contribution is -2.52. The van der Waals surface area contributed by atoms with Gasteiger partial charge in [0.15, 0.2) is 0 Å². The molecule has 0 fully saturated rings. The van der Waals surface area contributed by atoms with Crippen molar-refractivity contribution < 1.29 is 41.8 Å². The van der Waals surface area contributed by atoms with Crippen molar-refractivity contribution in [2.24, 2.45) is 0 Å². The Balaban J connectivity index is 1.97. The molecule has 10 nitrogen and oxygen atoms in total. The Hall–Kier alpha value is -3.77. The van der Waals surface area contributed by atoms with Crippen LogP contribution in [0.25, 0.3) is 0 Å². The van der Waals surface area contributed by atoms with Crippen LogP contribution >= 0.6 is 0 Å². The number of halogens is 3. The predicted molar refractivity (Wildman–Crippen MR) is 105 cm³/mol. The molecule has 2 aromatic rings. The SMILES string of the molecule is COC(=O)C[C@@H](NC(=O)N1CCc2[nH]cnc2C1c1ccccc1OC(F)(F)F)C(=O)OC. The molecule has 0 radical (unpaired) electrons. The summed E-state index contributed by atoms with van der Waals surface area (Å²) in [6, 6.07) is 2.16. The molecule has 2 heterocycles. The van der Waals surface area contributed by atoms with Crippen molar-refractivity contribution in [1.82, 2.24) is 20.2 Å². The van der Waals surface area contributed by atoms with Crippen LogP contribution in [0.15, 0.2) is 30.6 Å². The molecule has 2 N–H and O–H groups in total. The minimum atomic E-state index is -4.96. The van der Waals surface area contributed by atoms with Crippen molar-refractivity contribution in [3.63, 3.8) is 0 Å². The third-order valence-electron chi connectivity index (χ3n) is 5.01. The van der Waals surface area contributed by atoms with Crippen LogP contribution in [-0.2, 0) is 25.5 Å². The summed E-state index contributed by atoms with van der Waals surface area (Å²) >= 11 is 0. The van der Waals surface area contributed by atoms with E-state index in [2.05, 4.69) is 29.5 Å². The summed E-state index contributed by atoms with van der Waals surface area (Å²) < 4.78 is 52.4. The molecule has 178 valence electrons. The van der Waals surface area contributed by atoms with Crippen molar-refractivity contribution >= 4 is 18.0 Å². The minimum Gasteiger partial charge on any atom is -0.469 e. The largest absolute Gasteiger partial charge is 0.573 e. The molecule has 1 aromatic carbocycles. The summed E-state index contributed by atoms with van der Waals surface area (Å²) in [5.74, 6) is -2.15. The number of amides is 2. The van der Waals surface area contributed by atoms with Crippen LogP contribution in [0.2, 0.25) is 0 Å². The number of esters is 2. The van der Waals surface area contributed by atoms with Crippen LogP contribution in [-0.4, -0.2) is 66.0 Å². The number of hydrogen-bond donors (Lipinski definition) is 2. The van der Waals surface area contributed by atoms with Crippen molar-refractivity contribution in [2.45, 2.75) is 31.3 Å². The molecule has 0 saturated carbocycles. The molecular weight excluding hydrogens is 449 g/mol. The second-order valence-corrected chi connectivity index (χ2v) is 7.00. The molecular formula is C20H21F3N4O6. The molecule has 0 bridgehead atoms. The molecule has 3 rings (SSSR count). The van der Waals surface area contributed by atoms with E-state index in [9.17, 15) is 27.6 Å². The number of H-pyrrole nitrogens is 1. The van der Waals surface area contributed by atoms with E-state index in [1.807, 2.05) is 0 Å². The second-order valence-electron chi connectivity index (χ2n) is 7.00. The predicted octanol–water partition coefficient (Wildman–Crippen LogP) is 2.07. The number of benzene rings is 1. The molecule has 1 unspecified atom stereocenters. The van der Waals surface area contributed by atoms with E-state index in [4.69, 9.17) is 0 Å². The van der Waals surface area contributed by atoms with Gasteiger partial charge in [0.05, 0.1) is 32.7 Å². The number of nitrogens with zero attached hydrogens (tertiary/aromatic N) is 2. The third kappa shape index (κ3) is 5.54. The molecule has 0 aliphatic carbocycles. The monoisotopic (exact) mass is 470 g/mol. The van der Waals surface area contributed by atoms with Gasteiger partial charge in [0.25, 0.3) is 0 Å². The summed E-state index contributed by atoms with van der Waals surface area (Å²) in [4.78, 5) is 45.2. The molecule has 1 aromatic heterocycles. The number of methoxy groups -OCH3 is 2. The number of aromatic amines is 1. The maximum atomic E-state index is 13.2. The first-order valence-electron chi connectivity index (χ1n) is 9.73. The average molecular weight is 470 g/mol. The Bertz CT molecular complexity index is 1030. The number of rotatable bonds is 6. The lowest BCUT2D eigenvalue weighted by atomic mass is 9.95. The number of imidazole rings is 1. The topological polar surface area (TPSA) is 123 Å². The van der Waals surface area contributed by atoms with E-state index in [0.29, 0.717) is 17.8 Å². The van der Waals surface area contributed by atoms with E-state index in [-0.39, 0.29) is 12.1 Å². The second kappa shape index (κ2) is 9.79. The van der Waals surface area contributed by atoms with Crippen LogP contribution in [0.1, 0.15) is 29.4 Å². The van der Waals surface area contributed by atoms with Gasteiger partial charge >= 0.3 is 24.3 Å². The lowest BCUT2D eigenvalue weighted by molar-refractivity contribution is -0.275. The van der Waals surface area contributed by atoms with E-state index in [1.54, 1.807) is 0 Å². The van der Waals surface area contributed by atoms with Gasteiger partial charge < -0.3 is 29.4 Å². The van der Waals surface area contributed by atoms with E-state index < -0.39 is 48.6 Å². The number of ether oxygens (including phenoxy) is 3. The van der Waals surface area contributed by atoms with Crippen LogP contribution < -0.4 is 10.1 Å². The summed E-state index contributed by atoms with van der Waals surface area (Å²) in [7, 11) is 2.21. The van der Waals surface area contributed by atoms with Gasteiger partial charge in [0.1, 0.15) is 17.8 Å². The van der Waals surface area contributed by atoms with E-state index in [0.717, 1.165) is 20.3 Å². The smallest absolute Gasteiger partial charge is 0.469 e. The molecule has 2 atom stereocenters. The normalized spacial score (nSPS) is 16.4. The van der Waals surface area contributed by atoms with Crippen molar-refractivity contribution in [3.05, 3.63) is 47.5 Å². The number of carbonyl (C=O) groups excluding carboxylic acids is 3. The fourth-order valence-corrected chi connectivity index (χ4v) is 3.55. The number of aromatic nitrogens is 2. The number of urea groups is 1. The molecule has 0 saturated heterocycles. The Morgan fingerprint density at radius 2 is 1.97 bits per heavy atom. The van der Waals surface area contributed by atoms with Gasteiger partial charge in [0.2, 0.25) is 0 Å². The van der Waals surface area contributed by atoms with Gasteiger partial charge in [-0.25, -0.2) is 14.6 Å². The minimum absolute atomic E-state index is 0.0422. The van der Waals surface area contributed by atoms with E-state index >= 15 is 0 Å².